The zero-order valence-electron chi connectivity index (χ0n) is 11.2. The van der Waals surface area contributed by atoms with E-state index in [1.165, 1.54) is 14.2 Å². The van der Waals surface area contributed by atoms with E-state index in [1.807, 2.05) is 0 Å². The van der Waals surface area contributed by atoms with Crippen LogP contribution in [0.4, 0.5) is 5.69 Å². The average molecular weight is 277 g/mol. The van der Waals surface area contributed by atoms with Gasteiger partial charge in [0.15, 0.2) is 0 Å². The highest BCUT2D eigenvalue weighted by Gasteiger charge is 2.18. The Bertz CT molecular complexity index is 546. The number of nitrogens with zero attached hydrogens (tertiary/aromatic N) is 1. The third-order valence-corrected chi connectivity index (χ3v) is 2.78. The van der Waals surface area contributed by atoms with Gasteiger partial charge in [0.05, 0.1) is 14.2 Å². The van der Waals surface area contributed by atoms with Gasteiger partial charge in [-0.15, -0.1) is 0 Å². The summed E-state index contributed by atoms with van der Waals surface area (Å²) < 4.78 is 10.2. The standard InChI is InChI=1S/C13H15N3O4/c1-19-9-5-8(6-10(7-9)20-2)14-13(18)11-3-4-12(17)16-15-11/h5-7H,3-4H2,1-2H3,(H,14,18)(H,16,17). The Morgan fingerprint density at radius 3 is 2.35 bits per heavy atom. The fourth-order valence-electron chi connectivity index (χ4n) is 1.72. The molecule has 0 saturated heterocycles. The lowest BCUT2D eigenvalue weighted by atomic mass is 10.1. The quantitative estimate of drug-likeness (QED) is 0.856. The normalized spacial score (nSPS) is 14.1. The number of anilines is 1. The third kappa shape index (κ3) is 3.25. The van der Waals surface area contributed by atoms with Gasteiger partial charge in [0.2, 0.25) is 5.91 Å². The maximum atomic E-state index is 12.0. The maximum Gasteiger partial charge on any atom is 0.271 e. The van der Waals surface area contributed by atoms with E-state index in [4.69, 9.17) is 9.47 Å². The molecule has 1 aliphatic rings. The summed E-state index contributed by atoms with van der Waals surface area (Å²) in [6, 6.07) is 5.04. The Morgan fingerprint density at radius 2 is 1.85 bits per heavy atom. The molecule has 0 radical (unpaired) electrons. The van der Waals surface area contributed by atoms with E-state index in [1.54, 1.807) is 18.2 Å². The molecule has 1 heterocycles. The van der Waals surface area contributed by atoms with E-state index in [9.17, 15) is 9.59 Å². The summed E-state index contributed by atoms with van der Waals surface area (Å²) in [5, 5.41) is 6.43. The summed E-state index contributed by atoms with van der Waals surface area (Å²) in [5.41, 5.74) is 3.10. The summed E-state index contributed by atoms with van der Waals surface area (Å²) in [6.45, 7) is 0. The first-order chi connectivity index (χ1) is 9.62. The van der Waals surface area contributed by atoms with Crippen molar-refractivity contribution in [1.82, 2.24) is 5.43 Å². The van der Waals surface area contributed by atoms with Crippen LogP contribution >= 0.6 is 0 Å². The largest absolute Gasteiger partial charge is 0.497 e. The number of amides is 2. The van der Waals surface area contributed by atoms with Gasteiger partial charge in [-0.1, -0.05) is 0 Å². The minimum atomic E-state index is -0.361. The molecule has 2 N–H and O–H groups in total. The van der Waals surface area contributed by atoms with Crippen molar-refractivity contribution in [2.24, 2.45) is 5.10 Å². The second-order valence-corrected chi connectivity index (χ2v) is 4.15. The Balaban J connectivity index is 2.13. The molecule has 0 saturated carbocycles. The highest BCUT2D eigenvalue weighted by molar-refractivity contribution is 6.43. The van der Waals surface area contributed by atoms with E-state index >= 15 is 0 Å². The molecule has 1 aromatic rings. The molecule has 1 aliphatic heterocycles. The highest BCUT2D eigenvalue weighted by Crippen LogP contribution is 2.25. The second kappa shape index (κ2) is 6.05. The van der Waals surface area contributed by atoms with Gasteiger partial charge in [0.25, 0.3) is 5.91 Å². The van der Waals surface area contributed by atoms with Crippen LogP contribution in [0.1, 0.15) is 12.8 Å². The van der Waals surface area contributed by atoms with Crippen LogP contribution in [-0.4, -0.2) is 31.7 Å². The summed E-state index contributed by atoms with van der Waals surface area (Å²) in [5.74, 6) is 0.585. The van der Waals surface area contributed by atoms with Gasteiger partial charge in [-0.05, 0) is 0 Å². The van der Waals surface area contributed by atoms with E-state index < -0.39 is 0 Å². The highest BCUT2D eigenvalue weighted by atomic mass is 16.5. The van der Waals surface area contributed by atoms with Crippen LogP contribution in [0.15, 0.2) is 23.3 Å². The lowest BCUT2D eigenvalue weighted by Crippen LogP contribution is -2.32. The monoisotopic (exact) mass is 277 g/mol. The fraction of sp³-hybridized carbons (Fsp3) is 0.308. The van der Waals surface area contributed by atoms with Crippen molar-refractivity contribution in [1.29, 1.82) is 0 Å². The average Bonchev–Trinajstić information content (AvgIpc) is 2.47. The number of ether oxygens (including phenoxy) is 2. The minimum Gasteiger partial charge on any atom is -0.497 e. The molecule has 2 amide bonds. The van der Waals surface area contributed by atoms with Gasteiger partial charge >= 0.3 is 0 Å². The molecular weight excluding hydrogens is 262 g/mol. The van der Waals surface area contributed by atoms with Gasteiger partial charge in [-0.2, -0.15) is 5.10 Å². The van der Waals surface area contributed by atoms with Crippen molar-refractivity contribution in [3.63, 3.8) is 0 Å². The first kappa shape index (κ1) is 13.9. The van der Waals surface area contributed by atoms with E-state index in [2.05, 4.69) is 15.8 Å². The number of hydrogen-bond donors (Lipinski definition) is 2. The molecule has 0 fully saturated rings. The zero-order chi connectivity index (χ0) is 14.5. The van der Waals surface area contributed by atoms with Crippen molar-refractivity contribution in [3.8, 4) is 11.5 Å². The van der Waals surface area contributed by atoms with Crippen LogP contribution in [0.25, 0.3) is 0 Å². The molecule has 7 heteroatoms. The summed E-state index contributed by atoms with van der Waals surface area (Å²) in [6.07, 6.45) is 0.576. The SMILES string of the molecule is COc1cc(NC(=O)C2=NNC(=O)CC2)cc(OC)c1. The van der Waals surface area contributed by atoms with Crippen molar-refractivity contribution in [3.05, 3.63) is 18.2 Å². The number of hydrogen-bond acceptors (Lipinski definition) is 5. The number of nitrogens with one attached hydrogen (secondary N) is 2. The predicted octanol–water partition coefficient (Wildman–Crippen LogP) is 0.908. The lowest BCUT2D eigenvalue weighted by Gasteiger charge is -2.13. The molecule has 0 spiro atoms. The maximum absolute atomic E-state index is 12.0. The molecule has 1 aromatic carbocycles. The molecule has 2 rings (SSSR count). The lowest BCUT2D eigenvalue weighted by molar-refractivity contribution is -0.121. The van der Waals surface area contributed by atoms with Crippen LogP contribution < -0.4 is 20.2 Å². The van der Waals surface area contributed by atoms with E-state index in [-0.39, 0.29) is 23.9 Å². The first-order valence-corrected chi connectivity index (χ1v) is 6.02. The van der Waals surface area contributed by atoms with Gasteiger partial charge in [0, 0.05) is 36.7 Å². The van der Waals surface area contributed by atoms with Crippen LogP contribution in [-0.2, 0) is 9.59 Å². The van der Waals surface area contributed by atoms with Gasteiger partial charge < -0.3 is 14.8 Å². The van der Waals surface area contributed by atoms with Gasteiger partial charge in [0.1, 0.15) is 17.2 Å². The van der Waals surface area contributed by atoms with Crippen LogP contribution in [0.3, 0.4) is 0 Å². The van der Waals surface area contributed by atoms with Crippen LogP contribution in [0.5, 0.6) is 11.5 Å². The molecule has 0 bridgehead atoms. The number of carbonyl (C=O) groups is 2. The Hall–Kier alpha value is -2.57. The molecule has 0 aliphatic carbocycles. The van der Waals surface area contributed by atoms with E-state index in [0.717, 1.165) is 0 Å². The summed E-state index contributed by atoms with van der Waals surface area (Å²) in [7, 11) is 3.06. The molecule has 0 atom stereocenters. The number of hydrazone groups is 1. The number of carbonyl (C=O) groups excluding carboxylic acids is 2. The predicted molar refractivity (Wildman–Crippen MR) is 73.0 cm³/mol. The molecule has 106 valence electrons. The Kier molecular flexibility index (Phi) is 4.19. The van der Waals surface area contributed by atoms with Crippen molar-refractivity contribution < 1.29 is 19.1 Å². The smallest absolute Gasteiger partial charge is 0.271 e. The van der Waals surface area contributed by atoms with Crippen molar-refractivity contribution in [2.45, 2.75) is 12.8 Å². The van der Waals surface area contributed by atoms with Crippen molar-refractivity contribution in [2.75, 3.05) is 19.5 Å². The van der Waals surface area contributed by atoms with Gasteiger partial charge in [-0.3, -0.25) is 9.59 Å². The fourth-order valence-corrected chi connectivity index (χ4v) is 1.72. The molecule has 0 unspecified atom stereocenters. The zero-order valence-corrected chi connectivity index (χ0v) is 11.2. The second-order valence-electron chi connectivity index (χ2n) is 4.15. The summed E-state index contributed by atoms with van der Waals surface area (Å²) >= 11 is 0. The van der Waals surface area contributed by atoms with Crippen LogP contribution in [0, 0.1) is 0 Å². The topological polar surface area (TPSA) is 89.0 Å². The number of rotatable bonds is 4. The van der Waals surface area contributed by atoms with Crippen molar-refractivity contribution >= 4 is 23.2 Å². The van der Waals surface area contributed by atoms with E-state index in [0.29, 0.717) is 23.6 Å². The molecule has 0 aromatic heterocycles. The molecular formula is C13H15N3O4. The minimum absolute atomic E-state index is 0.190. The van der Waals surface area contributed by atoms with Gasteiger partial charge in [-0.25, -0.2) is 5.43 Å². The molecule has 7 nitrogen and oxygen atoms in total. The van der Waals surface area contributed by atoms with Crippen LogP contribution in [0.2, 0.25) is 0 Å². The number of benzene rings is 1. The Labute approximate surface area is 115 Å². The first-order valence-electron chi connectivity index (χ1n) is 6.02. The summed E-state index contributed by atoms with van der Waals surface area (Å²) in [4.78, 5) is 23.0. The Morgan fingerprint density at radius 1 is 1.20 bits per heavy atom. The molecule has 20 heavy (non-hydrogen) atoms. The third-order valence-electron chi connectivity index (χ3n) is 2.78. The number of methoxy groups -OCH3 is 2.